The highest BCUT2D eigenvalue weighted by molar-refractivity contribution is 7.89. The molecule has 0 aliphatic carbocycles. The van der Waals surface area contributed by atoms with Crippen LogP contribution in [0.3, 0.4) is 0 Å². The molecule has 1 fully saturated rings. The first-order valence-corrected chi connectivity index (χ1v) is 12.8. The van der Waals surface area contributed by atoms with Crippen LogP contribution < -0.4 is 4.72 Å². The molecule has 10 heteroatoms. The summed E-state index contributed by atoms with van der Waals surface area (Å²) in [6.07, 6.45) is -3.27. The smallest absolute Gasteiger partial charge is 0.339 e. The minimum absolute atomic E-state index is 0.0926. The van der Waals surface area contributed by atoms with E-state index in [1.54, 1.807) is 11.0 Å². The molecular weight excluding hydrogens is 467 g/mol. The number of alkyl halides is 3. The van der Waals surface area contributed by atoms with Gasteiger partial charge in [0.25, 0.3) is 5.91 Å². The molecule has 1 aliphatic rings. The predicted molar refractivity (Wildman–Crippen MR) is 124 cm³/mol. The summed E-state index contributed by atoms with van der Waals surface area (Å²) in [5.41, 5.74) is 0.344. The van der Waals surface area contributed by atoms with Gasteiger partial charge in [-0.2, -0.15) is 13.2 Å². The van der Waals surface area contributed by atoms with Gasteiger partial charge in [-0.3, -0.25) is 9.69 Å². The molecule has 0 unspecified atom stereocenters. The maximum absolute atomic E-state index is 12.9. The van der Waals surface area contributed by atoms with Gasteiger partial charge in [0.15, 0.2) is 0 Å². The molecular formula is C24H30F3N3O3S. The average Bonchev–Trinajstić information content (AvgIpc) is 2.80. The SMILES string of the molecule is CCN(CC)C(=O)c1ccc(S(=O)(=O)NC2CCN(Cc3cccc(C(F)(F)F)c3)CC2)cc1. The lowest BCUT2D eigenvalue weighted by atomic mass is 10.0. The van der Waals surface area contributed by atoms with E-state index in [4.69, 9.17) is 0 Å². The lowest BCUT2D eigenvalue weighted by Crippen LogP contribution is -2.44. The van der Waals surface area contributed by atoms with Crippen LogP contribution in [0.5, 0.6) is 0 Å². The van der Waals surface area contributed by atoms with Crippen LogP contribution in [-0.4, -0.2) is 56.3 Å². The number of rotatable bonds is 8. The normalized spacial score (nSPS) is 15.9. The molecule has 0 aromatic heterocycles. The maximum atomic E-state index is 12.9. The maximum Gasteiger partial charge on any atom is 0.416 e. The number of likely N-dealkylation sites (tertiary alicyclic amines) is 1. The summed E-state index contributed by atoms with van der Waals surface area (Å²) in [7, 11) is -3.75. The molecule has 2 aromatic rings. The van der Waals surface area contributed by atoms with Gasteiger partial charge < -0.3 is 4.90 Å². The Morgan fingerprint density at radius 3 is 2.24 bits per heavy atom. The van der Waals surface area contributed by atoms with E-state index in [-0.39, 0.29) is 16.8 Å². The van der Waals surface area contributed by atoms with Gasteiger partial charge in [-0.1, -0.05) is 18.2 Å². The molecule has 0 bridgehead atoms. The Labute approximate surface area is 198 Å². The zero-order chi connectivity index (χ0) is 24.9. The molecule has 0 spiro atoms. The van der Waals surface area contributed by atoms with Crippen LogP contribution in [0.15, 0.2) is 53.4 Å². The van der Waals surface area contributed by atoms with Gasteiger partial charge >= 0.3 is 6.18 Å². The molecule has 2 aromatic carbocycles. The van der Waals surface area contributed by atoms with Crippen LogP contribution in [0.2, 0.25) is 0 Å². The van der Waals surface area contributed by atoms with Crippen molar-refractivity contribution in [2.24, 2.45) is 0 Å². The Balaban J connectivity index is 1.56. The first kappa shape index (κ1) is 26.2. The van der Waals surface area contributed by atoms with Gasteiger partial charge in [-0.25, -0.2) is 13.1 Å². The Hall–Kier alpha value is -2.43. The lowest BCUT2D eigenvalue weighted by molar-refractivity contribution is -0.137. The second-order valence-electron chi connectivity index (χ2n) is 8.37. The van der Waals surface area contributed by atoms with Crippen molar-refractivity contribution in [2.45, 2.75) is 50.3 Å². The molecule has 34 heavy (non-hydrogen) atoms. The van der Waals surface area contributed by atoms with Crippen molar-refractivity contribution >= 4 is 15.9 Å². The summed E-state index contributed by atoms with van der Waals surface area (Å²) in [5, 5.41) is 0. The summed E-state index contributed by atoms with van der Waals surface area (Å²) in [6.45, 7) is 6.43. The van der Waals surface area contributed by atoms with Crippen LogP contribution >= 0.6 is 0 Å². The Bertz CT molecular complexity index is 1080. The highest BCUT2D eigenvalue weighted by Gasteiger charge is 2.31. The second kappa shape index (κ2) is 10.9. The van der Waals surface area contributed by atoms with Crippen molar-refractivity contribution in [3.8, 4) is 0 Å². The van der Waals surface area contributed by atoms with Crippen LogP contribution in [-0.2, 0) is 22.7 Å². The van der Waals surface area contributed by atoms with E-state index >= 15 is 0 Å². The largest absolute Gasteiger partial charge is 0.416 e. The van der Waals surface area contributed by atoms with Gasteiger partial charge in [0.05, 0.1) is 10.5 Å². The Morgan fingerprint density at radius 1 is 1.06 bits per heavy atom. The topological polar surface area (TPSA) is 69.7 Å². The Kier molecular flexibility index (Phi) is 8.38. The van der Waals surface area contributed by atoms with E-state index in [1.165, 1.54) is 30.3 Å². The minimum Gasteiger partial charge on any atom is -0.339 e. The summed E-state index contributed by atoms with van der Waals surface area (Å²) in [4.78, 5) is 16.2. The van der Waals surface area contributed by atoms with Gasteiger partial charge in [-0.15, -0.1) is 0 Å². The quantitative estimate of drug-likeness (QED) is 0.596. The summed E-state index contributed by atoms with van der Waals surface area (Å²) in [6, 6.07) is 10.9. The number of sulfonamides is 1. The second-order valence-corrected chi connectivity index (χ2v) is 10.1. The summed E-state index contributed by atoms with van der Waals surface area (Å²) in [5.74, 6) is -0.143. The number of hydrogen-bond donors (Lipinski definition) is 1. The molecule has 1 N–H and O–H groups in total. The molecule has 1 saturated heterocycles. The Morgan fingerprint density at radius 2 is 1.68 bits per heavy atom. The molecule has 0 saturated carbocycles. The van der Waals surface area contributed by atoms with Gasteiger partial charge in [0.2, 0.25) is 10.0 Å². The van der Waals surface area contributed by atoms with Crippen LogP contribution in [0, 0.1) is 0 Å². The third-order valence-electron chi connectivity index (χ3n) is 6.03. The fourth-order valence-corrected chi connectivity index (χ4v) is 5.38. The predicted octanol–water partition coefficient (Wildman–Crippen LogP) is 4.13. The van der Waals surface area contributed by atoms with E-state index in [2.05, 4.69) is 4.72 Å². The first-order valence-electron chi connectivity index (χ1n) is 11.3. The fourth-order valence-electron chi connectivity index (χ4n) is 4.07. The van der Waals surface area contributed by atoms with Crippen molar-refractivity contribution in [2.75, 3.05) is 26.2 Å². The van der Waals surface area contributed by atoms with Crippen LogP contribution in [0.1, 0.15) is 48.2 Å². The summed E-state index contributed by atoms with van der Waals surface area (Å²) >= 11 is 0. The zero-order valence-electron chi connectivity index (χ0n) is 19.3. The first-order chi connectivity index (χ1) is 16.0. The number of carbonyl (C=O) groups excluding carboxylic acids is 1. The summed E-state index contributed by atoms with van der Waals surface area (Å²) < 4.78 is 67.1. The van der Waals surface area contributed by atoms with Crippen molar-refractivity contribution in [1.29, 1.82) is 0 Å². The van der Waals surface area contributed by atoms with Crippen molar-refractivity contribution in [3.05, 3.63) is 65.2 Å². The highest BCUT2D eigenvalue weighted by Crippen LogP contribution is 2.30. The van der Waals surface area contributed by atoms with Gasteiger partial charge in [-0.05, 0) is 62.6 Å². The molecule has 1 amide bonds. The number of nitrogens with one attached hydrogen (secondary N) is 1. The van der Waals surface area contributed by atoms with Gasteiger partial charge in [0.1, 0.15) is 0 Å². The molecule has 6 nitrogen and oxygen atoms in total. The lowest BCUT2D eigenvalue weighted by Gasteiger charge is -2.32. The fraction of sp³-hybridized carbons (Fsp3) is 0.458. The highest BCUT2D eigenvalue weighted by atomic mass is 32.2. The minimum atomic E-state index is -4.38. The average molecular weight is 498 g/mol. The van der Waals surface area contributed by atoms with E-state index < -0.39 is 21.8 Å². The standard InChI is InChI=1S/C24H30F3N3O3S/c1-3-30(4-2)23(31)19-8-10-22(11-9-19)34(32,33)28-21-12-14-29(15-13-21)17-18-6-5-7-20(16-18)24(25,26)27/h5-11,16,21,28H,3-4,12-15,17H2,1-2H3. The van der Waals surface area contributed by atoms with Crippen molar-refractivity contribution in [3.63, 3.8) is 0 Å². The third-order valence-corrected chi connectivity index (χ3v) is 7.57. The van der Waals surface area contributed by atoms with Crippen LogP contribution in [0.25, 0.3) is 0 Å². The number of piperidine rings is 1. The third kappa shape index (κ3) is 6.58. The number of carbonyl (C=O) groups is 1. The van der Waals surface area contributed by atoms with E-state index in [1.807, 2.05) is 18.7 Å². The van der Waals surface area contributed by atoms with E-state index in [0.29, 0.717) is 56.7 Å². The zero-order valence-corrected chi connectivity index (χ0v) is 20.1. The number of benzene rings is 2. The molecule has 1 heterocycles. The van der Waals surface area contributed by atoms with E-state index in [9.17, 15) is 26.4 Å². The van der Waals surface area contributed by atoms with Crippen molar-refractivity contribution in [1.82, 2.24) is 14.5 Å². The molecule has 0 radical (unpaired) electrons. The number of hydrogen-bond acceptors (Lipinski definition) is 4. The van der Waals surface area contributed by atoms with Crippen molar-refractivity contribution < 1.29 is 26.4 Å². The molecule has 3 rings (SSSR count). The number of amides is 1. The number of nitrogens with zero attached hydrogens (tertiary/aromatic N) is 2. The molecule has 0 atom stereocenters. The van der Waals surface area contributed by atoms with Crippen LogP contribution in [0.4, 0.5) is 13.2 Å². The van der Waals surface area contributed by atoms with E-state index in [0.717, 1.165) is 12.1 Å². The number of halogens is 3. The monoisotopic (exact) mass is 497 g/mol. The molecule has 1 aliphatic heterocycles. The molecule has 186 valence electrons. The van der Waals surface area contributed by atoms with Gasteiger partial charge in [0, 0.05) is 44.3 Å².